The third kappa shape index (κ3) is 2.39. The molecule has 0 aliphatic carbocycles. The number of rotatable bonds is 3. The molecule has 2 heterocycles. The second-order valence-corrected chi connectivity index (χ2v) is 5.08. The van der Waals surface area contributed by atoms with Crippen LogP contribution in [0.4, 0.5) is 5.82 Å². The maximum Gasteiger partial charge on any atom is 0.126 e. The summed E-state index contributed by atoms with van der Waals surface area (Å²) in [5, 5.41) is 1.18. The molecule has 2 aromatic rings. The van der Waals surface area contributed by atoms with Crippen molar-refractivity contribution in [2.45, 2.75) is 26.7 Å². The summed E-state index contributed by atoms with van der Waals surface area (Å²) in [5.41, 5.74) is 8.03. The fourth-order valence-electron chi connectivity index (χ4n) is 1.55. The first-order chi connectivity index (χ1) is 7.66. The molecule has 16 heavy (non-hydrogen) atoms. The first kappa shape index (κ1) is 11.1. The molecule has 0 aromatic carbocycles. The van der Waals surface area contributed by atoms with Crippen LogP contribution in [0.5, 0.6) is 0 Å². The Morgan fingerprint density at radius 1 is 1.31 bits per heavy atom. The van der Waals surface area contributed by atoms with Gasteiger partial charge in [0.05, 0.1) is 10.7 Å². The molecule has 0 saturated carbocycles. The molecular weight excluding hydrogens is 218 g/mol. The van der Waals surface area contributed by atoms with E-state index >= 15 is 0 Å². The Bertz CT molecular complexity index is 471. The number of hydrogen-bond donors (Lipinski definition) is 1. The Labute approximate surface area is 99.4 Å². The topological polar surface area (TPSA) is 51.8 Å². The molecule has 0 atom stereocenters. The second kappa shape index (κ2) is 4.61. The molecule has 84 valence electrons. The Morgan fingerprint density at radius 2 is 2.12 bits per heavy atom. The third-order valence-electron chi connectivity index (χ3n) is 2.61. The van der Waals surface area contributed by atoms with Gasteiger partial charge in [0.2, 0.25) is 0 Å². The summed E-state index contributed by atoms with van der Waals surface area (Å²) in [6.07, 6.45) is 3.57. The van der Waals surface area contributed by atoms with E-state index in [-0.39, 0.29) is 0 Å². The average Bonchev–Trinajstić information content (AvgIpc) is 2.57. The molecule has 3 nitrogen and oxygen atoms in total. The van der Waals surface area contributed by atoms with Gasteiger partial charge in [-0.2, -0.15) is 0 Å². The van der Waals surface area contributed by atoms with Crippen LogP contribution in [0.3, 0.4) is 0 Å². The van der Waals surface area contributed by atoms with Crippen molar-refractivity contribution in [1.29, 1.82) is 0 Å². The predicted molar refractivity (Wildman–Crippen MR) is 67.6 cm³/mol. The van der Waals surface area contributed by atoms with Crippen LogP contribution in [-0.2, 0) is 12.8 Å². The highest BCUT2D eigenvalue weighted by molar-refractivity contribution is 7.11. The summed E-state index contributed by atoms with van der Waals surface area (Å²) in [6, 6.07) is 3.94. The lowest BCUT2D eigenvalue weighted by atomic mass is 10.1. The van der Waals surface area contributed by atoms with E-state index in [4.69, 9.17) is 5.73 Å². The summed E-state index contributed by atoms with van der Waals surface area (Å²) in [4.78, 5) is 9.89. The Hall–Kier alpha value is -1.42. The molecule has 0 fully saturated rings. The molecule has 0 aliphatic heterocycles. The van der Waals surface area contributed by atoms with Crippen molar-refractivity contribution in [3.05, 3.63) is 39.5 Å². The normalized spacial score (nSPS) is 10.6. The Balaban J connectivity index is 2.05. The van der Waals surface area contributed by atoms with Gasteiger partial charge in [-0.3, -0.25) is 0 Å². The van der Waals surface area contributed by atoms with E-state index in [1.54, 1.807) is 17.5 Å². The number of thiazole rings is 1. The van der Waals surface area contributed by atoms with E-state index in [1.165, 1.54) is 9.88 Å². The highest BCUT2D eigenvalue weighted by atomic mass is 32.1. The van der Waals surface area contributed by atoms with Gasteiger partial charge in [-0.15, -0.1) is 11.3 Å². The van der Waals surface area contributed by atoms with Crippen LogP contribution in [0.25, 0.3) is 0 Å². The molecule has 0 radical (unpaired) electrons. The van der Waals surface area contributed by atoms with E-state index in [9.17, 15) is 0 Å². The number of aryl methyl sites for hydroxylation is 4. The summed E-state index contributed by atoms with van der Waals surface area (Å²) in [5.74, 6) is 0.632. The van der Waals surface area contributed by atoms with Crippen molar-refractivity contribution in [2.75, 3.05) is 5.73 Å². The highest BCUT2D eigenvalue weighted by Gasteiger charge is 2.05. The van der Waals surface area contributed by atoms with E-state index < -0.39 is 0 Å². The minimum atomic E-state index is 0.632. The van der Waals surface area contributed by atoms with E-state index in [0.717, 1.165) is 24.1 Å². The number of nitrogens with two attached hydrogens (primary N) is 1. The molecule has 0 spiro atoms. The number of aromatic nitrogens is 2. The van der Waals surface area contributed by atoms with E-state index in [1.807, 2.05) is 19.1 Å². The van der Waals surface area contributed by atoms with Crippen molar-refractivity contribution in [2.24, 2.45) is 0 Å². The van der Waals surface area contributed by atoms with Gasteiger partial charge in [-0.25, -0.2) is 9.97 Å². The summed E-state index contributed by atoms with van der Waals surface area (Å²) >= 11 is 1.77. The van der Waals surface area contributed by atoms with Crippen LogP contribution < -0.4 is 5.73 Å². The van der Waals surface area contributed by atoms with Crippen LogP contribution in [0.2, 0.25) is 0 Å². The molecule has 0 unspecified atom stereocenters. The van der Waals surface area contributed by atoms with Gasteiger partial charge in [0.25, 0.3) is 0 Å². The van der Waals surface area contributed by atoms with E-state index in [2.05, 4.69) is 16.9 Å². The number of pyridine rings is 1. The molecule has 4 heteroatoms. The average molecular weight is 233 g/mol. The van der Waals surface area contributed by atoms with Gasteiger partial charge in [0.15, 0.2) is 0 Å². The maximum absolute atomic E-state index is 5.79. The lowest BCUT2D eigenvalue weighted by Crippen LogP contribution is -1.98. The molecule has 2 aromatic heterocycles. The molecule has 0 bridgehead atoms. The molecule has 0 saturated heterocycles. The molecule has 2 N–H and O–H groups in total. The standard InChI is InChI=1S/C12H15N3S/c1-8-9(2)16-11(15-8)6-5-10-4-3-7-14-12(10)13/h3-4,7H,5-6H2,1-2H3,(H2,13,14). The first-order valence-corrected chi connectivity index (χ1v) is 6.10. The minimum absolute atomic E-state index is 0.632. The quantitative estimate of drug-likeness (QED) is 0.886. The summed E-state index contributed by atoms with van der Waals surface area (Å²) < 4.78 is 0. The Morgan fingerprint density at radius 3 is 2.75 bits per heavy atom. The van der Waals surface area contributed by atoms with Crippen LogP contribution in [0.15, 0.2) is 18.3 Å². The van der Waals surface area contributed by atoms with Crippen LogP contribution in [-0.4, -0.2) is 9.97 Å². The zero-order valence-corrected chi connectivity index (χ0v) is 10.3. The first-order valence-electron chi connectivity index (χ1n) is 5.29. The molecule has 2 rings (SSSR count). The fraction of sp³-hybridized carbons (Fsp3) is 0.333. The minimum Gasteiger partial charge on any atom is -0.383 e. The molecular formula is C12H15N3S. The third-order valence-corrected chi connectivity index (χ3v) is 3.74. The Kier molecular flexibility index (Phi) is 3.19. The number of nitrogens with zero attached hydrogens (tertiary/aromatic N) is 2. The SMILES string of the molecule is Cc1nc(CCc2cccnc2N)sc1C. The van der Waals surface area contributed by atoms with Gasteiger partial charge < -0.3 is 5.73 Å². The van der Waals surface area contributed by atoms with Crippen LogP contribution >= 0.6 is 11.3 Å². The van der Waals surface area contributed by atoms with Crippen molar-refractivity contribution in [1.82, 2.24) is 9.97 Å². The lowest BCUT2D eigenvalue weighted by Gasteiger charge is -2.01. The van der Waals surface area contributed by atoms with Crippen molar-refractivity contribution < 1.29 is 0 Å². The largest absolute Gasteiger partial charge is 0.383 e. The van der Waals surface area contributed by atoms with Crippen LogP contribution in [0, 0.1) is 13.8 Å². The number of hydrogen-bond acceptors (Lipinski definition) is 4. The van der Waals surface area contributed by atoms with Crippen molar-refractivity contribution in [3.8, 4) is 0 Å². The van der Waals surface area contributed by atoms with Gasteiger partial charge in [0, 0.05) is 17.5 Å². The lowest BCUT2D eigenvalue weighted by molar-refractivity contribution is 0.931. The molecule has 0 amide bonds. The fourth-order valence-corrected chi connectivity index (χ4v) is 2.48. The number of anilines is 1. The zero-order chi connectivity index (χ0) is 11.5. The molecule has 0 aliphatic rings. The van der Waals surface area contributed by atoms with Gasteiger partial charge in [-0.1, -0.05) is 6.07 Å². The maximum atomic E-state index is 5.79. The second-order valence-electron chi connectivity index (χ2n) is 3.80. The van der Waals surface area contributed by atoms with Crippen molar-refractivity contribution >= 4 is 17.2 Å². The highest BCUT2D eigenvalue weighted by Crippen LogP contribution is 2.19. The van der Waals surface area contributed by atoms with Gasteiger partial charge in [0.1, 0.15) is 5.82 Å². The predicted octanol–water partition coefficient (Wildman–Crippen LogP) is 2.52. The smallest absolute Gasteiger partial charge is 0.126 e. The van der Waals surface area contributed by atoms with E-state index in [0.29, 0.717) is 5.82 Å². The monoisotopic (exact) mass is 233 g/mol. The van der Waals surface area contributed by atoms with Crippen molar-refractivity contribution in [3.63, 3.8) is 0 Å². The number of nitrogen functional groups attached to an aromatic ring is 1. The van der Waals surface area contributed by atoms with Gasteiger partial charge >= 0.3 is 0 Å². The summed E-state index contributed by atoms with van der Waals surface area (Å²) in [7, 11) is 0. The summed E-state index contributed by atoms with van der Waals surface area (Å²) in [6.45, 7) is 4.16. The zero-order valence-electron chi connectivity index (χ0n) is 9.53. The van der Waals surface area contributed by atoms with Gasteiger partial charge in [-0.05, 0) is 31.9 Å². The van der Waals surface area contributed by atoms with Crippen LogP contribution in [0.1, 0.15) is 21.1 Å².